The van der Waals surface area contributed by atoms with Gasteiger partial charge in [-0.2, -0.15) is 5.10 Å². The molecule has 34 heavy (non-hydrogen) atoms. The predicted molar refractivity (Wildman–Crippen MR) is 135 cm³/mol. The summed E-state index contributed by atoms with van der Waals surface area (Å²) in [7, 11) is 1.90. The van der Waals surface area contributed by atoms with Crippen molar-refractivity contribution in [2.75, 3.05) is 5.32 Å². The van der Waals surface area contributed by atoms with Crippen LogP contribution in [0.25, 0.3) is 22.3 Å². The summed E-state index contributed by atoms with van der Waals surface area (Å²) in [5, 5.41) is 13.8. The van der Waals surface area contributed by atoms with Crippen LogP contribution in [0.3, 0.4) is 0 Å². The van der Waals surface area contributed by atoms with Gasteiger partial charge < -0.3 is 10.6 Å². The van der Waals surface area contributed by atoms with Crippen LogP contribution in [-0.2, 0) is 29.6 Å². The van der Waals surface area contributed by atoms with Gasteiger partial charge in [0.25, 0.3) is 0 Å². The quantitative estimate of drug-likeness (QED) is 0.416. The molecule has 1 aromatic carbocycles. The number of fused-ring (bicyclic) bond motifs is 1. The van der Waals surface area contributed by atoms with E-state index in [-0.39, 0.29) is 11.8 Å². The van der Waals surface area contributed by atoms with E-state index in [1.165, 1.54) is 18.3 Å². The molecule has 0 spiro atoms. The molecule has 4 aromatic rings. The van der Waals surface area contributed by atoms with Crippen LogP contribution in [-0.4, -0.2) is 31.6 Å². The fourth-order valence-corrected chi connectivity index (χ4v) is 4.87. The van der Waals surface area contributed by atoms with Crippen molar-refractivity contribution in [1.82, 2.24) is 25.1 Å². The largest absolute Gasteiger partial charge is 0.352 e. The van der Waals surface area contributed by atoms with Crippen LogP contribution in [0.2, 0.25) is 0 Å². The van der Waals surface area contributed by atoms with Gasteiger partial charge >= 0.3 is 0 Å². The average Bonchev–Trinajstić information content (AvgIpc) is 3.36. The highest BCUT2D eigenvalue weighted by atomic mass is 32.1. The third kappa shape index (κ3) is 4.99. The summed E-state index contributed by atoms with van der Waals surface area (Å²) < 4.78 is 1.80. The van der Waals surface area contributed by atoms with Gasteiger partial charge in [0.05, 0.1) is 11.4 Å². The Kier molecular flexibility index (Phi) is 6.74. The van der Waals surface area contributed by atoms with Gasteiger partial charge in [-0.15, -0.1) is 11.3 Å². The highest BCUT2D eigenvalue weighted by Crippen LogP contribution is 2.27. The number of carbonyl (C=O) groups excluding carboxylic acids is 2. The lowest BCUT2D eigenvalue weighted by Gasteiger charge is -2.11. The first kappa shape index (κ1) is 23.6. The van der Waals surface area contributed by atoms with Gasteiger partial charge in [0.1, 0.15) is 0 Å². The Hall–Kier alpha value is -3.59. The van der Waals surface area contributed by atoms with Crippen LogP contribution in [0.5, 0.6) is 0 Å². The minimum atomic E-state index is -0.0756. The Morgan fingerprint density at radius 2 is 1.79 bits per heavy atom. The van der Waals surface area contributed by atoms with E-state index >= 15 is 0 Å². The highest BCUT2D eigenvalue weighted by molar-refractivity contribution is 7.14. The van der Waals surface area contributed by atoms with Gasteiger partial charge in [-0.1, -0.05) is 24.3 Å². The molecule has 9 heteroatoms. The summed E-state index contributed by atoms with van der Waals surface area (Å²) in [5.74, 6) is -0.133. The number of anilines is 1. The van der Waals surface area contributed by atoms with Crippen LogP contribution < -0.4 is 10.6 Å². The number of nitrogens with zero attached hydrogens (tertiary/aromatic N) is 4. The number of rotatable bonds is 7. The summed E-state index contributed by atoms with van der Waals surface area (Å²) in [4.78, 5) is 33.0. The maximum Gasteiger partial charge on any atom is 0.226 e. The zero-order valence-electron chi connectivity index (χ0n) is 20.0. The number of benzene rings is 1. The van der Waals surface area contributed by atoms with Crippen molar-refractivity contribution in [2.45, 2.75) is 47.1 Å². The Morgan fingerprint density at radius 1 is 1.06 bits per heavy atom. The number of hydrogen-bond acceptors (Lipinski definition) is 6. The first-order valence-corrected chi connectivity index (χ1v) is 12.0. The number of pyridine rings is 1. The molecular formula is C25H28N6O2S. The zero-order valence-corrected chi connectivity index (χ0v) is 20.8. The van der Waals surface area contributed by atoms with E-state index in [2.05, 4.69) is 27.6 Å². The number of hydrogen-bond donors (Lipinski definition) is 2. The molecule has 0 aliphatic heterocycles. The minimum absolute atomic E-state index is 0.0571. The number of amides is 2. The van der Waals surface area contributed by atoms with Gasteiger partial charge in [-0.25, -0.2) is 9.97 Å². The molecule has 3 heterocycles. The third-order valence-corrected chi connectivity index (χ3v) is 6.63. The predicted octanol–water partition coefficient (Wildman–Crippen LogP) is 4.22. The SMILES string of the molecule is CC(=O)NCc1ccc(-c2csc(NC(=O)CCc3c(C)nc4c(c(C)nn4C)c3C)n2)cc1. The monoisotopic (exact) mass is 476 g/mol. The second kappa shape index (κ2) is 9.72. The third-order valence-electron chi connectivity index (χ3n) is 5.87. The molecule has 8 nitrogen and oxygen atoms in total. The Morgan fingerprint density at radius 3 is 2.50 bits per heavy atom. The van der Waals surface area contributed by atoms with Gasteiger partial charge in [0, 0.05) is 49.0 Å². The molecule has 0 saturated heterocycles. The summed E-state index contributed by atoms with van der Waals surface area (Å²) in [6.45, 7) is 8.04. The zero-order chi connectivity index (χ0) is 24.4. The van der Waals surface area contributed by atoms with E-state index < -0.39 is 0 Å². The van der Waals surface area contributed by atoms with Crippen LogP contribution in [0.4, 0.5) is 5.13 Å². The Bertz CT molecular complexity index is 1370. The number of carbonyl (C=O) groups is 2. The number of aryl methyl sites for hydroxylation is 4. The molecule has 0 aliphatic carbocycles. The molecule has 0 fully saturated rings. The molecule has 0 atom stereocenters. The first-order chi connectivity index (χ1) is 16.2. The van der Waals surface area contributed by atoms with Crippen LogP contribution in [0, 0.1) is 20.8 Å². The smallest absolute Gasteiger partial charge is 0.226 e. The fourth-order valence-electron chi connectivity index (χ4n) is 4.13. The summed E-state index contributed by atoms with van der Waals surface area (Å²) in [6, 6.07) is 7.85. The fraction of sp³-hybridized carbons (Fsp3) is 0.320. The number of aromatic nitrogens is 4. The van der Waals surface area contributed by atoms with E-state index in [1.54, 1.807) is 4.68 Å². The molecule has 0 bridgehead atoms. The van der Waals surface area contributed by atoms with E-state index in [0.717, 1.165) is 50.4 Å². The molecular weight excluding hydrogens is 448 g/mol. The number of thiazole rings is 1. The second-order valence-corrected chi connectivity index (χ2v) is 9.26. The Labute approximate surface area is 202 Å². The van der Waals surface area contributed by atoms with E-state index in [4.69, 9.17) is 4.98 Å². The molecule has 176 valence electrons. The lowest BCUT2D eigenvalue weighted by molar-refractivity contribution is -0.119. The molecule has 4 rings (SSSR count). The average molecular weight is 477 g/mol. The maximum absolute atomic E-state index is 12.6. The van der Waals surface area contributed by atoms with E-state index in [0.29, 0.717) is 24.5 Å². The van der Waals surface area contributed by atoms with Crippen molar-refractivity contribution in [2.24, 2.45) is 7.05 Å². The summed E-state index contributed by atoms with van der Waals surface area (Å²) in [5.41, 5.74) is 7.77. The van der Waals surface area contributed by atoms with E-state index in [9.17, 15) is 9.59 Å². The molecule has 0 saturated carbocycles. The normalized spacial score (nSPS) is 11.1. The minimum Gasteiger partial charge on any atom is -0.352 e. The lowest BCUT2D eigenvalue weighted by atomic mass is 9.99. The molecule has 3 aromatic heterocycles. The number of nitrogens with one attached hydrogen (secondary N) is 2. The van der Waals surface area contributed by atoms with Crippen molar-refractivity contribution < 1.29 is 9.59 Å². The Balaban J connectivity index is 1.39. The van der Waals surface area contributed by atoms with Crippen molar-refractivity contribution in [1.29, 1.82) is 0 Å². The first-order valence-electron chi connectivity index (χ1n) is 11.1. The van der Waals surface area contributed by atoms with Crippen molar-refractivity contribution in [3.05, 3.63) is 57.7 Å². The highest BCUT2D eigenvalue weighted by Gasteiger charge is 2.16. The summed E-state index contributed by atoms with van der Waals surface area (Å²) >= 11 is 1.40. The molecule has 0 radical (unpaired) electrons. The van der Waals surface area contributed by atoms with Crippen molar-refractivity contribution >= 4 is 39.3 Å². The van der Waals surface area contributed by atoms with Gasteiger partial charge in [-0.3, -0.25) is 14.3 Å². The van der Waals surface area contributed by atoms with Crippen molar-refractivity contribution in [3.63, 3.8) is 0 Å². The van der Waals surface area contributed by atoms with Crippen LogP contribution >= 0.6 is 11.3 Å². The van der Waals surface area contributed by atoms with E-state index in [1.807, 2.05) is 50.5 Å². The van der Waals surface area contributed by atoms with Gasteiger partial charge in [0.2, 0.25) is 11.8 Å². The maximum atomic E-state index is 12.6. The molecule has 0 unspecified atom stereocenters. The topological polar surface area (TPSA) is 102 Å². The summed E-state index contributed by atoms with van der Waals surface area (Å²) in [6.07, 6.45) is 0.954. The van der Waals surface area contributed by atoms with Crippen LogP contribution in [0.15, 0.2) is 29.6 Å². The second-order valence-electron chi connectivity index (χ2n) is 8.40. The van der Waals surface area contributed by atoms with Crippen molar-refractivity contribution in [3.8, 4) is 11.3 Å². The van der Waals surface area contributed by atoms with Gasteiger partial charge in [0.15, 0.2) is 10.8 Å². The van der Waals surface area contributed by atoms with Gasteiger partial charge in [-0.05, 0) is 43.9 Å². The molecule has 0 aliphatic rings. The lowest BCUT2D eigenvalue weighted by Crippen LogP contribution is -2.18. The van der Waals surface area contributed by atoms with Crippen LogP contribution in [0.1, 0.15) is 41.4 Å². The molecule has 2 N–H and O–H groups in total. The standard InChI is InChI=1S/C25H28N6O2S/c1-14-20(15(2)27-24-23(14)16(3)30-31(24)5)10-11-22(33)29-25-28-21(13-34-25)19-8-6-18(7-9-19)12-26-17(4)32/h6-9,13H,10-12H2,1-5H3,(H,26,32)(H,28,29,33). The molecule has 2 amide bonds.